The fourth-order valence-corrected chi connectivity index (χ4v) is 2.39. The maximum Gasteiger partial charge on any atom is 2.00 e. The van der Waals surface area contributed by atoms with E-state index < -0.39 is 0 Å². The fourth-order valence-electron chi connectivity index (χ4n) is 2.39. The smallest absolute Gasteiger partial charge is 0.455 e. The molecule has 2 nitrogen and oxygen atoms in total. The third kappa shape index (κ3) is 4.54. The van der Waals surface area contributed by atoms with Crippen molar-refractivity contribution in [1.29, 1.82) is 0 Å². The van der Waals surface area contributed by atoms with E-state index in [4.69, 9.17) is 0 Å². The van der Waals surface area contributed by atoms with Crippen molar-refractivity contribution in [2.24, 2.45) is 5.92 Å². The van der Waals surface area contributed by atoms with Crippen LogP contribution in [0.15, 0.2) is 0 Å². The molecule has 0 aromatic rings. The van der Waals surface area contributed by atoms with Gasteiger partial charge in [-0.05, 0) is 44.9 Å². The SMILES string of the molecule is C.[CH2-]C.[CH2-]N1CCC2CCN(C)CC21.[W+2]. The summed E-state index contributed by atoms with van der Waals surface area (Å²) >= 11 is 0. The van der Waals surface area contributed by atoms with E-state index in [1.54, 1.807) is 6.92 Å². The number of likely N-dealkylation sites (N-methyl/N-ethyl adjacent to an activating group) is 1. The minimum absolute atomic E-state index is 0. The zero-order chi connectivity index (χ0) is 9.84. The van der Waals surface area contributed by atoms with Crippen LogP contribution in [0.2, 0.25) is 0 Å². The number of rotatable bonds is 0. The van der Waals surface area contributed by atoms with E-state index in [0.29, 0.717) is 0 Å². The number of nitrogens with zero attached hydrogens (tertiary/aromatic N) is 2. The van der Waals surface area contributed by atoms with Crippen molar-refractivity contribution in [3.05, 3.63) is 14.0 Å². The Hall–Kier alpha value is 0.608. The van der Waals surface area contributed by atoms with Gasteiger partial charge in [0.2, 0.25) is 0 Å². The molecule has 90 valence electrons. The van der Waals surface area contributed by atoms with Gasteiger partial charge in [-0.2, -0.15) is 6.92 Å². The van der Waals surface area contributed by atoms with Crippen LogP contribution < -0.4 is 0 Å². The molecule has 2 heterocycles. The van der Waals surface area contributed by atoms with Gasteiger partial charge in [0, 0.05) is 6.54 Å². The number of piperidine rings is 1. The third-order valence-electron chi connectivity index (χ3n) is 3.18. The van der Waals surface area contributed by atoms with Gasteiger partial charge in [-0.25, -0.2) is 0 Å². The first kappa shape index (κ1) is 18.0. The first-order valence-corrected chi connectivity index (χ1v) is 5.24. The Morgan fingerprint density at radius 3 is 2.27 bits per heavy atom. The summed E-state index contributed by atoms with van der Waals surface area (Å²) in [4.78, 5) is 4.70. The Bertz CT molecular complexity index is 153. The molecule has 2 atom stereocenters. The van der Waals surface area contributed by atoms with Crippen LogP contribution in [0, 0.1) is 19.9 Å². The van der Waals surface area contributed by atoms with Crippen LogP contribution in [0.5, 0.6) is 0 Å². The van der Waals surface area contributed by atoms with Crippen LogP contribution in [0.4, 0.5) is 0 Å². The molecule has 2 saturated heterocycles. The van der Waals surface area contributed by atoms with Gasteiger partial charge < -0.3 is 16.7 Å². The van der Waals surface area contributed by atoms with Gasteiger partial charge in [0.15, 0.2) is 0 Å². The van der Waals surface area contributed by atoms with Crippen LogP contribution in [-0.2, 0) is 21.1 Å². The van der Waals surface area contributed by atoms with E-state index in [1.807, 2.05) is 0 Å². The molecule has 0 spiro atoms. The molecular weight excluding hydrogens is 356 g/mol. The maximum atomic E-state index is 4.06. The average molecular weight is 382 g/mol. The van der Waals surface area contributed by atoms with Crippen LogP contribution in [0.25, 0.3) is 0 Å². The normalized spacial score (nSPS) is 30.4. The second kappa shape index (κ2) is 8.73. The molecule has 0 bridgehead atoms. The fraction of sp³-hybridized carbons (Fsp3) is 0.833. The molecule has 2 aliphatic heterocycles. The summed E-state index contributed by atoms with van der Waals surface area (Å²) in [5.74, 6) is 0.948. The summed E-state index contributed by atoms with van der Waals surface area (Å²) in [6.07, 6.45) is 2.76. The second-order valence-electron chi connectivity index (χ2n) is 3.98. The quantitative estimate of drug-likeness (QED) is 0.594. The van der Waals surface area contributed by atoms with E-state index in [9.17, 15) is 0 Å². The Labute approximate surface area is 111 Å². The first-order chi connectivity index (χ1) is 6.27. The molecule has 0 N–H and O–H groups in total. The largest absolute Gasteiger partial charge is 2.00 e. The minimum Gasteiger partial charge on any atom is -0.455 e. The molecule has 0 aromatic carbocycles. The van der Waals surface area contributed by atoms with Gasteiger partial charge in [0.25, 0.3) is 0 Å². The molecular formula is C12H26N2W. The Morgan fingerprint density at radius 2 is 1.67 bits per heavy atom. The van der Waals surface area contributed by atoms with Crippen molar-refractivity contribution < 1.29 is 21.1 Å². The van der Waals surface area contributed by atoms with Crippen LogP contribution in [0.1, 0.15) is 27.2 Å². The molecule has 0 aromatic heterocycles. The summed E-state index contributed by atoms with van der Waals surface area (Å²) in [6, 6.07) is 0.758. The van der Waals surface area contributed by atoms with E-state index >= 15 is 0 Å². The zero-order valence-corrected chi connectivity index (χ0v) is 12.3. The van der Waals surface area contributed by atoms with Gasteiger partial charge in [-0.3, -0.25) is 7.05 Å². The molecule has 2 fully saturated rings. The van der Waals surface area contributed by atoms with Crippen molar-refractivity contribution in [2.75, 3.05) is 26.7 Å². The van der Waals surface area contributed by atoms with Crippen molar-refractivity contribution in [3.8, 4) is 0 Å². The number of hydrogen-bond donors (Lipinski definition) is 0. The Balaban J connectivity index is 0. The van der Waals surface area contributed by atoms with Crippen molar-refractivity contribution in [3.63, 3.8) is 0 Å². The van der Waals surface area contributed by atoms with Gasteiger partial charge in [-0.1, -0.05) is 7.43 Å². The molecule has 15 heavy (non-hydrogen) atoms. The Morgan fingerprint density at radius 1 is 1.13 bits per heavy atom. The average Bonchev–Trinajstić information content (AvgIpc) is 2.52. The van der Waals surface area contributed by atoms with Crippen LogP contribution >= 0.6 is 0 Å². The van der Waals surface area contributed by atoms with Crippen LogP contribution in [-0.4, -0.2) is 42.5 Å². The summed E-state index contributed by atoms with van der Waals surface area (Å²) < 4.78 is 0. The van der Waals surface area contributed by atoms with Crippen molar-refractivity contribution in [2.45, 2.75) is 33.2 Å². The predicted molar refractivity (Wildman–Crippen MR) is 63.8 cm³/mol. The van der Waals surface area contributed by atoms with E-state index in [2.05, 4.69) is 30.8 Å². The topological polar surface area (TPSA) is 6.48 Å². The number of fused-ring (bicyclic) bond motifs is 1. The predicted octanol–water partition coefficient (Wildman–Crippen LogP) is 2.28. The van der Waals surface area contributed by atoms with Gasteiger partial charge in [-0.15, -0.1) is 0 Å². The molecule has 0 aliphatic carbocycles. The van der Waals surface area contributed by atoms with Gasteiger partial charge >= 0.3 is 21.1 Å². The molecule has 0 saturated carbocycles. The van der Waals surface area contributed by atoms with E-state index in [0.717, 1.165) is 12.0 Å². The zero-order valence-electron chi connectivity index (χ0n) is 9.41. The summed E-state index contributed by atoms with van der Waals surface area (Å²) in [7, 11) is 6.27. The maximum absolute atomic E-state index is 4.06. The first-order valence-electron chi connectivity index (χ1n) is 5.24. The molecule has 3 heteroatoms. The number of hydrogen-bond acceptors (Lipinski definition) is 2. The van der Waals surface area contributed by atoms with Crippen molar-refractivity contribution in [1.82, 2.24) is 9.80 Å². The third-order valence-corrected chi connectivity index (χ3v) is 3.18. The van der Waals surface area contributed by atoms with Gasteiger partial charge in [0.05, 0.1) is 0 Å². The Kier molecular flexibility index (Phi) is 10.5. The molecule has 0 radical (unpaired) electrons. The van der Waals surface area contributed by atoms with E-state index in [-0.39, 0.29) is 28.5 Å². The molecule has 2 aliphatic rings. The summed E-state index contributed by atoms with van der Waals surface area (Å²) in [5.41, 5.74) is 0. The van der Waals surface area contributed by atoms with Crippen LogP contribution in [0.3, 0.4) is 0 Å². The molecule has 2 rings (SSSR count). The summed E-state index contributed by atoms with van der Waals surface area (Å²) in [6.45, 7) is 8.73. The summed E-state index contributed by atoms with van der Waals surface area (Å²) in [5, 5.41) is 0. The standard InChI is InChI=1S/C9H17N2.C2H5.CH4.W/c1-10-5-3-8-4-6-11(2)9(8)7-10;1-2;;/h8-9H,2-7H2,1H3;1H2,2H3;1H4;/q2*-1;;+2. The molecule has 2 unspecified atom stereocenters. The second-order valence-corrected chi connectivity index (χ2v) is 3.98. The minimum atomic E-state index is 0. The number of likely N-dealkylation sites (tertiary alicyclic amines) is 2. The van der Waals surface area contributed by atoms with Gasteiger partial charge in [0.1, 0.15) is 0 Å². The van der Waals surface area contributed by atoms with Crippen molar-refractivity contribution >= 4 is 0 Å². The monoisotopic (exact) mass is 382 g/mol. The van der Waals surface area contributed by atoms with E-state index in [1.165, 1.54) is 32.5 Å². The molecule has 0 amide bonds.